The van der Waals surface area contributed by atoms with Crippen molar-refractivity contribution in [2.75, 3.05) is 13.1 Å². The van der Waals surface area contributed by atoms with Gasteiger partial charge in [-0.3, -0.25) is 0 Å². The Kier molecular flexibility index (Phi) is 5.44. The maximum absolute atomic E-state index is 4.67. The quantitative estimate of drug-likeness (QED) is 0.686. The van der Waals surface area contributed by atoms with E-state index in [9.17, 15) is 0 Å². The number of rotatable bonds is 3. The monoisotopic (exact) mass is 236 g/mol. The Morgan fingerprint density at radius 3 is 1.91 bits per heavy atom. The van der Waals surface area contributed by atoms with Crippen LogP contribution in [0.1, 0.15) is 34.6 Å². The Morgan fingerprint density at radius 1 is 1.18 bits per heavy atom. The van der Waals surface area contributed by atoms with Crippen LogP contribution in [-0.4, -0.2) is 21.9 Å². The van der Waals surface area contributed by atoms with Crippen LogP contribution in [0, 0.1) is 0 Å². The van der Waals surface area contributed by atoms with Crippen LogP contribution >= 0.6 is 0 Å². The first-order chi connectivity index (χ1) is 4.99. The molecule has 0 amide bonds. The van der Waals surface area contributed by atoms with Crippen molar-refractivity contribution in [2.24, 2.45) is 3.34 Å². The molecule has 11 heavy (non-hydrogen) atoms. The average Bonchev–Trinajstić information content (AvgIpc) is 1.88. The van der Waals surface area contributed by atoms with Crippen LogP contribution in [0.3, 0.4) is 0 Å². The summed E-state index contributed by atoms with van der Waals surface area (Å²) in [5.74, 6) is 0. The molecule has 0 heterocycles. The van der Waals surface area contributed by atoms with Crippen LogP contribution in [0.15, 0.2) is 3.34 Å². The fourth-order valence-electron chi connectivity index (χ4n) is 0.548. The predicted molar refractivity (Wildman–Crippen MR) is 45.1 cm³/mol. The second-order valence-corrected chi connectivity index (χ2v) is 5.82. The van der Waals surface area contributed by atoms with Crippen molar-refractivity contribution in [1.29, 1.82) is 0 Å². The molecule has 0 aromatic rings. The third kappa shape index (κ3) is 6.88. The summed E-state index contributed by atoms with van der Waals surface area (Å²) in [6.45, 7) is 13.3. The molecule has 3 heteroatoms. The topological polar surface area (TPSA) is 15.6 Å². The molecule has 0 atom stereocenters. The van der Waals surface area contributed by atoms with Crippen LogP contribution in [0.4, 0.5) is 0 Å². The summed E-state index contributed by atoms with van der Waals surface area (Å²) in [4.78, 5) is 0. The Morgan fingerprint density at radius 2 is 1.64 bits per heavy atom. The van der Waals surface area contributed by atoms with Crippen molar-refractivity contribution in [3.8, 4) is 0 Å². The Labute approximate surface area is 79.9 Å². The van der Waals surface area contributed by atoms with Gasteiger partial charge in [-0.2, -0.15) is 0 Å². The van der Waals surface area contributed by atoms with Gasteiger partial charge in [0.1, 0.15) is 0 Å². The minimum atomic E-state index is -0.416. The van der Waals surface area contributed by atoms with Gasteiger partial charge >= 0.3 is 79.7 Å². The molecule has 66 valence electrons. The molecule has 0 aliphatic heterocycles. The SMILES string of the molecule is CC[N](CC)[Nb]=[N]C(C)(C)C. The van der Waals surface area contributed by atoms with E-state index in [4.69, 9.17) is 0 Å². The Balaban J connectivity index is 3.89. The molecule has 0 aromatic heterocycles. The first-order valence-electron chi connectivity index (χ1n) is 4.17. The van der Waals surface area contributed by atoms with E-state index in [1.54, 1.807) is 0 Å². The molecule has 0 bridgehead atoms. The zero-order valence-corrected chi connectivity index (χ0v) is 10.5. The number of hydrogen-bond donors (Lipinski definition) is 0. The van der Waals surface area contributed by atoms with Crippen LogP contribution < -0.4 is 0 Å². The van der Waals surface area contributed by atoms with Crippen LogP contribution in [0.2, 0.25) is 0 Å². The van der Waals surface area contributed by atoms with Crippen LogP contribution in [0.5, 0.6) is 0 Å². The maximum atomic E-state index is 4.67. The average molecular weight is 236 g/mol. The predicted octanol–water partition coefficient (Wildman–Crippen LogP) is 2.31. The second kappa shape index (κ2) is 5.20. The number of hydrogen-bond acceptors (Lipinski definition) is 1. The molecular weight excluding hydrogens is 217 g/mol. The summed E-state index contributed by atoms with van der Waals surface area (Å²) >= 11 is -0.416. The summed E-state index contributed by atoms with van der Waals surface area (Å²) in [6.07, 6.45) is 0. The molecule has 0 aromatic carbocycles. The molecule has 0 aliphatic carbocycles. The fourth-order valence-corrected chi connectivity index (χ4v) is 2.14. The van der Waals surface area contributed by atoms with Gasteiger partial charge in [0.15, 0.2) is 0 Å². The molecule has 0 N–H and O–H groups in total. The zero-order valence-electron chi connectivity index (χ0n) is 8.26. The third-order valence-corrected chi connectivity index (χ3v) is 4.91. The summed E-state index contributed by atoms with van der Waals surface area (Å²) in [5, 5.41) is 0. The van der Waals surface area contributed by atoms with Gasteiger partial charge in [-0.1, -0.05) is 0 Å². The fraction of sp³-hybridized carbons (Fsp3) is 1.00. The van der Waals surface area contributed by atoms with E-state index in [0.29, 0.717) is 0 Å². The third-order valence-electron chi connectivity index (χ3n) is 1.20. The van der Waals surface area contributed by atoms with Crippen molar-refractivity contribution in [3.05, 3.63) is 0 Å². The molecule has 0 radical (unpaired) electrons. The van der Waals surface area contributed by atoms with Crippen molar-refractivity contribution in [1.82, 2.24) is 3.30 Å². The molecule has 0 spiro atoms. The van der Waals surface area contributed by atoms with Gasteiger partial charge in [0.25, 0.3) is 0 Å². The molecule has 0 rings (SSSR count). The molecule has 0 saturated carbocycles. The number of nitrogens with zero attached hydrogens (tertiary/aromatic N) is 2. The van der Waals surface area contributed by atoms with E-state index in [1.165, 1.54) is 0 Å². The van der Waals surface area contributed by atoms with Crippen LogP contribution in [0.25, 0.3) is 0 Å². The van der Waals surface area contributed by atoms with E-state index < -0.39 is 19.8 Å². The normalized spacial score (nSPS) is 13.3. The minimum absolute atomic E-state index is 0.180. The molecular formula is C8H19N2Nb. The van der Waals surface area contributed by atoms with Crippen molar-refractivity contribution in [3.63, 3.8) is 0 Å². The molecule has 2 nitrogen and oxygen atoms in total. The second-order valence-electron chi connectivity index (χ2n) is 3.50. The van der Waals surface area contributed by atoms with Crippen molar-refractivity contribution >= 4 is 0 Å². The summed E-state index contributed by atoms with van der Waals surface area (Å²) < 4.78 is 7.14. The first-order valence-corrected chi connectivity index (χ1v) is 6.14. The van der Waals surface area contributed by atoms with Crippen molar-refractivity contribution < 1.29 is 19.8 Å². The van der Waals surface area contributed by atoms with Gasteiger partial charge in [0.05, 0.1) is 0 Å². The van der Waals surface area contributed by atoms with Crippen molar-refractivity contribution in [2.45, 2.75) is 40.2 Å². The van der Waals surface area contributed by atoms with Gasteiger partial charge < -0.3 is 0 Å². The van der Waals surface area contributed by atoms with Crippen LogP contribution in [-0.2, 0) is 19.8 Å². The summed E-state index contributed by atoms with van der Waals surface area (Å²) in [6, 6.07) is 0. The van der Waals surface area contributed by atoms with E-state index >= 15 is 0 Å². The van der Waals surface area contributed by atoms with Gasteiger partial charge in [-0.25, -0.2) is 0 Å². The summed E-state index contributed by atoms with van der Waals surface area (Å²) in [7, 11) is 0. The van der Waals surface area contributed by atoms with E-state index in [2.05, 4.69) is 41.3 Å². The first kappa shape index (κ1) is 11.5. The Hall–Kier alpha value is 0.500. The van der Waals surface area contributed by atoms with E-state index in [0.717, 1.165) is 13.1 Å². The molecule has 0 fully saturated rings. The molecule has 0 unspecified atom stereocenters. The van der Waals surface area contributed by atoms with Gasteiger partial charge in [0, 0.05) is 0 Å². The zero-order chi connectivity index (χ0) is 8.91. The molecule has 0 saturated heterocycles. The van der Waals surface area contributed by atoms with Gasteiger partial charge in [-0.05, 0) is 0 Å². The standard InChI is InChI=1S/C4H9N.C4H10N.Nb/c1-4(2,3)5;1-3-5-4-2;/h1-3H3;3-4H2,1-2H3;/q;-1;+1. The van der Waals surface area contributed by atoms with E-state index in [-0.39, 0.29) is 5.54 Å². The summed E-state index contributed by atoms with van der Waals surface area (Å²) in [5.41, 5.74) is 0.180. The van der Waals surface area contributed by atoms with Gasteiger partial charge in [0.2, 0.25) is 0 Å². The molecule has 0 aliphatic rings. The van der Waals surface area contributed by atoms with E-state index in [1.807, 2.05) is 0 Å². The van der Waals surface area contributed by atoms with Gasteiger partial charge in [-0.15, -0.1) is 0 Å². The Bertz CT molecular complexity index is 123.